The summed E-state index contributed by atoms with van der Waals surface area (Å²) < 4.78 is 0. The number of halogens is 3. The second kappa shape index (κ2) is 17.8. The molecule has 0 aromatic heterocycles. The molecule has 0 amide bonds. The van der Waals surface area contributed by atoms with E-state index in [4.69, 9.17) is 30.1 Å². The van der Waals surface area contributed by atoms with E-state index >= 15 is 0 Å². The summed E-state index contributed by atoms with van der Waals surface area (Å²) in [5.41, 5.74) is 0. The van der Waals surface area contributed by atoms with E-state index in [9.17, 15) is 0 Å². The quantitative estimate of drug-likeness (QED) is 0.331. The molecule has 0 aliphatic rings. The molecular formula is C12H27AlCl3P. The van der Waals surface area contributed by atoms with Gasteiger partial charge in [-0.2, -0.15) is 0 Å². The molecule has 0 spiro atoms. The summed E-state index contributed by atoms with van der Waals surface area (Å²) >= 11 is -1.72. The zero-order valence-electron chi connectivity index (χ0n) is 11.5. The normalized spacial score (nSPS) is 10.1. The van der Waals surface area contributed by atoms with E-state index in [2.05, 4.69) is 20.8 Å². The standard InChI is InChI=1S/C12H27P.Al.3ClH/c1-4-7-10-13(11-8-5-2)12-9-6-3;;;;/h4-12H2,1-3H3;;3*1H/q;+3;;;/p-3. The van der Waals surface area contributed by atoms with E-state index in [1.807, 2.05) is 0 Å². The lowest BCUT2D eigenvalue weighted by atomic mass is 10.4. The van der Waals surface area contributed by atoms with Crippen molar-refractivity contribution in [2.45, 2.75) is 59.3 Å². The molecule has 0 aliphatic heterocycles. The molecule has 0 unspecified atom stereocenters. The first-order valence-corrected chi connectivity index (χ1v) is 13.9. The molecule has 0 saturated heterocycles. The Morgan fingerprint density at radius 2 is 0.941 bits per heavy atom. The van der Waals surface area contributed by atoms with Crippen LogP contribution in [0.2, 0.25) is 0 Å². The SMILES string of the molecule is CCCCP(CCCC)CCCC.[Cl][Al]([Cl])[Cl]. The lowest BCUT2D eigenvalue weighted by Crippen LogP contribution is -1.95. The van der Waals surface area contributed by atoms with Gasteiger partial charge in [-0.15, -0.1) is 7.92 Å². The van der Waals surface area contributed by atoms with Gasteiger partial charge in [-0.3, -0.25) is 0 Å². The first-order valence-electron chi connectivity index (χ1n) is 6.72. The summed E-state index contributed by atoms with van der Waals surface area (Å²) in [6.45, 7) is 6.94. The third-order valence-corrected chi connectivity index (χ3v) is 5.33. The van der Waals surface area contributed by atoms with Crippen LogP contribution >= 0.6 is 38.1 Å². The highest BCUT2D eigenvalue weighted by atomic mass is 35.8. The molecule has 0 aromatic carbocycles. The van der Waals surface area contributed by atoms with Crippen molar-refractivity contribution in [1.82, 2.24) is 0 Å². The first-order chi connectivity index (χ1) is 8.08. The minimum absolute atomic E-state index is 0.422. The van der Waals surface area contributed by atoms with Gasteiger partial charge in [-0.1, -0.05) is 40.0 Å². The molecule has 0 aliphatic carbocycles. The van der Waals surface area contributed by atoms with Crippen LogP contribution in [0.5, 0.6) is 0 Å². The third kappa shape index (κ3) is 23.4. The molecule has 17 heavy (non-hydrogen) atoms. The molecule has 5 heteroatoms. The van der Waals surface area contributed by atoms with Gasteiger partial charge in [0.2, 0.25) is 0 Å². The fourth-order valence-corrected chi connectivity index (χ4v) is 4.44. The van der Waals surface area contributed by atoms with Gasteiger partial charge in [0.05, 0.1) is 0 Å². The monoisotopic (exact) mass is 334 g/mol. The maximum atomic E-state index is 4.94. The molecule has 0 saturated carbocycles. The van der Waals surface area contributed by atoms with Crippen LogP contribution in [0.25, 0.3) is 0 Å². The largest absolute Gasteiger partial charge is 0.643 e. The van der Waals surface area contributed by atoms with E-state index in [1.165, 1.54) is 38.5 Å². The average Bonchev–Trinajstić information content (AvgIpc) is 2.27. The molecule has 0 rings (SSSR count). The van der Waals surface area contributed by atoms with Crippen LogP contribution in [0.15, 0.2) is 0 Å². The van der Waals surface area contributed by atoms with Crippen molar-refractivity contribution < 1.29 is 0 Å². The summed E-state index contributed by atoms with van der Waals surface area (Å²) in [6, 6.07) is 0. The Morgan fingerprint density at radius 1 is 0.706 bits per heavy atom. The van der Waals surface area contributed by atoms with E-state index in [-0.39, 0.29) is 0 Å². The number of rotatable bonds is 9. The van der Waals surface area contributed by atoms with Gasteiger partial charge < -0.3 is 0 Å². The Morgan fingerprint density at radius 3 is 1.12 bits per heavy atom. The third-order valence-electron chi connectivity index (χ3n) is 2.48. The number of hydrogen-bond donors (Lipinski definition) is 0. The minimum Gasteiger partial charge on any atom is -0.214 e. The van der Waals surface area contributed by atoms with Gasteiger partial charge in [0.15, 0.2) is 0 Å². The van der Waals surface area contributed by atoms with Gasteiger partial charge in [-0.05, 0) is 37.7 Å². The summed E-state index contributed by atoms with van der Waals surface area (Å²) in [4.78, 5) is 0. The fourth-order valence-electron chi connectivity index (χ4n) is 1.48. The zero-order chi connectivity index (χ0) is 13.5. The summed E-state index contributed by atoms with van der Waals surface area (Å²) in [5.74, 6) is 0. The minimum atomic E-state index is -1.72. The van der Waals surface area contributed by atoms with E-state index in [0.29, 0.717) is 7.92 Å². The second-order valence-electron chi connectivity index (χ2n) is 4.15. The van der Waals surface area contributed by atoms with Crippen molar-refractivity contribution in [1.29, 1.82) is 0 Å². The van der Waals surface area contributed by atoms with Crippen molar-refractivity contribution in [3.8, 4) is 0 Å². The van der Waals surface area contributed by atoms with Gasteiger partial charge in [-0.25, -0.2) is 30.1 Å². The Hall–Kier alpha value is 1.83. The van der Waals surface area contributed by atoms with Gasteiger partial charge >= 0.3 is 11.4 Å². The molecule has 0 nitrogen and oxygen atoms in total. The predicted octanol–water partition coefficient (Wildman–Crippen LogP) is 6.56. The maximum Gasteiger partial charge on any atom is 0.643 e. The van der Waals surface area contributed by atoms with Crippen LogP contribution in [0.4, 0.5) is 0 Å². The van der Waals surface area contributed by atoms with Gasteiger partial charge in [0, 0.05) is 0 Å². The summed E-state index contributed by atoms with van der Waals surface area (Å²) in [6.07, 6.45) is 13.2. The van der Waals surface area contributed by atoms with E-state index in [0.717, 1.165) is 0 Å². The Bertz CT molecular complexity index is 115. The van der Waals surface area contributed by atoms with Crippen LogP contribution in [0.1, 0.15) is 59.3 Å². The lowest BCUT2D eigenvalue weighted by molar-refractivity contribution is 0.847. The zero-order valence-corrected chi connectivity index (χ0v) is 15.8. The lowest BCUT2D eigenvalue weighted by Gasteiger charge is -2.16. The van der Waals surface area contributed by atoms with E-state index in [1.54, 1.807) is 18.5 Å². The smallest absolute Gasteiger partial charge is 0.214 e. The van der Waals surface area contributed by atoms with Crippen molar-refractivity contribution in [3.63, 3.8) is 0 Å². The molecule has 0 heterocycles. The van der Waals surface area contributed by atoms with Crippen molar-refractivity contribution in [2.75, 3.05) is 18.5 Å². The molecule has 0 N–H and O–H groups in total. The van der Waals surface area contributed by atoms with Crippen molar-refractivity contribution in [2.24, 2.45) is 0 Å². The Kier molecular flexibility index (Phi) is 22.2. The molecular weight excluding hydrogens is 308 g/mol. The van der Waals surface area contributed by atoms with Crippen molar-refractivity contribution >= 4 is 49.5 Å². The van der Waals surface area contributed by atoms with Crippen molar-refractivity contribution in [3.05, 3.63) is 0 Å². The molecule has 0 radical (unpaired) electrons. The highest BCUT2D eigenvalue weighted by Gasteiger charge is 2.05. The number of unbranched alkanes of at least 4 members (excludes halogenated alkanes) is 3. The van der Waals surface area contributed by atoms with Crippen LogP contribution in [0, 0.1) is 0 Å². The van der Waals surface area contributed by atoms with Gasteiger partial charge in [0.25, 0.3) is 0 Å². The second-order valence-corrected chi connectivity index (χ2v) is 13.3. The Labute approximate surface area is 127 Å². The molecule has 0 atom stereocenters. The molecule has 0 bridgehead atoms. The Balaban J connectivity index is 0. The van der Waals surface area contributed by atoms with Crippen LogP contribution in [-0.4, -0.2) is 29.9 Å². The molecule has 104 valence electrons. The van der Waals surface area contributed by atoms with Crippen LogP contribution in [0.3, 0.4) is 0 Å². The summed E-state index contributed by atoms with van der Waals surface area (Å²) in [7, 11) is 15.3. The highest BCUT2D eigenvalue weighted by molar-refractivity contribution is 7.57. The van der Waals surface area contributed by atoms with Crippen LogP contribution in [-0.2, 0) is 0 Å². The molecule has 0 aromatic rings. The fraction of sp³-hybridized carbons (Fsp3) is 1.00. The topological polar surface area (TPSA) is 0 Å². The molecule has 0 fully saturated rings. The maximum absolute atomic E-state index is 4.94. The first kappa shape index (κ1) is 21.1. The van der Waals surface area contributed by atoms with Gasteiger partial charge in [0.1, 0.15) is 0 Å². The number of hydrogen-bond acceptors (Lipinski definition) is 0. The average molecular weight is 336 g/mol. The summed E-state index contributed by atoms with van der Waals surface area (Å²) in [5, 5.41) is 0. The van der Waals surface area contributed by atoms with Crippen LogP contribution < -0.4 is 0 Å². The predicted molar refractivity (Wildman–Crippen MR) is 89.6 cm³/mol. The highest BCUT2D eigenvalue weighted by Crippen LogP contribution is 2.38. The van der Waals surface area contributed by atoms with E-state index < -0.39 is 11.4 Å².